The van der Waals surface area contributed by atoms with Crippen molar-refractivity contribution in [3.8, 4) is 11.4 Å². The third-order valence-corrected chi connectivity index (χ3v) is 6.29. The zero-order chi connectivity index (χ0) is 22.3. The predicted molar refractivity (Wildman–Crippen MR) is 118 cm³/mol. The molecule has 1 aliphatic rings. The monoisotopic (exact) mass is 425 g/mol. The standard InChI is InChI=1S/C24H28FN3O3/c1-24(2,3)22-12-16(9-10-27(22)23(29)30)15-5-8-20-17(11-15)14-26-28(20)18-6-7-19(25)21(13-18)31-4/h5-8,11,13-14,16,22H,9-10,12H2,1-4H3,(H,29,30). The summed E-state index contributed by atoms with van der Waals surface area (Å²) in [5.41, 5.74) is 2.72. The Bertz CT molecular complexity index is 1120. The van der Waals surface area contributed by atoms with Gasteiger partial charge in [0.1, 0.15) is 0 Å². The van der Waals surface area contributed by atoms with Crippen molar-refractivity contribution in [2.45, 2.75) is 45.6 Å². The number of ether oxygens (including phenoxy) is 1. The molecule has 1 aliphatic heterocycles. The Morgan fingerprint density at radius 2 is 2.00 bits per heavy atom. The molecular formula is C24H28FN3O3. The predicted octanol–water partition coefficient (Wildman–Crippen LogP) is 5.45. The van der Waals surface area contributed by atoms with Gasteiger partial charge in [0.15, 0.2) is 11.6 Å². The lowest BCUT2D eigenvalue weighted by Gasteiger charge is -2.44. The second-order valence-corrected chi connectivity index (χ2v) is 9.27. The number of aromatic nitrogens is 2. The topological polar surface area (TPSA) is 67.6 Å². The highest BCUT2D eigenvalue weighted by molar-refractivity contribution is 5.81. The molecule has 1 saturated heterocycles. The molecule has 0 spiro atoms. The Hall–Kier alpha value is -3.09. The quantitative estimate of drug-likeness (QED) is 0.606. The molecular weight excluding hydrogens is 397 g/mol. The third-order valence-electron chi connectivity index (χ3n) is 6.29. The number of carbonyl (C=O) groups is 1. The maximum atomic E-state index is 13.8. The van der Waals surface area contributed by atoms with Gasteiger partial charge in [-0.2, -0.15) is 5.10 Å². The summed E-state index contributed by atoms with van der Waals surface area (Å²) >= 11 is 0. The molecule has 0 saturated carbocycles. The van der Waals surface area contributed by atoms with Crippen LogP contribution < -0.4 is 4.74 Å². The van der Waals surface area contributed by atoms with Crippen molar-refractivity contribution in [2.24, 2.45) is 5.41 Å². The number of carboxylic acid groups (broad SMARTS) is 1. The molecule has 0 bridgehead atoms. The first-order valence-corrected chi connectivity index (χ1v) is 10.5. The van der Waals surface area contributed by atoms with E-state index in [4.69, 9.17) is 4.74 Å². The molecule has 1 amide bonds. The van der Waals surface area contributed by atoms with Crippen molar-refractivity contribution < 1.29 is 19.0 Å². The molecule has 2 unspecified atom stereocenters. The van der Waals surface area contributed by atoms with Crippen LogP contribution in [-0.4, -0.2) is 45.6 Å². The molecule has 3 aromatic rings. The van der Waals surface area contributed by atoms with Gasteiger partial charge in [-0.1, -0.05) is 26.8 Å². The van der Waals surface area contributed by atoms with Gasteiger partial charge in [0.05, 0.1) is 24.5 Å². The van der Waals surface area contributed by atoms with Crippen LogP contribution in [0.5, 0.6) is 5.75 Å². The molecule has 1 fully saturated rings. The SMILES string of the molecule is COc1cc(-n2ncc3cc(C4CCN(C(=O)O)C(C(C)(C)C)C4)ccc32)ccc1F. The van der Waals surface area contributed by atoms with Gasteiger partial charge in [-0.15, -0.1) is 0 Å². The average Bonchev–Trinajstić information content (AvgIpc) is 3.16. The van der Waals surface area contributed by atoms with Crippen LogP contribution in [0.2, 0.25) is 0 Å². The Labute approximate surface area is 181 Å². The van der Waals surface area contributed by atoms with Crippen LogP contribution >= 0.6 is 0 Å². The van der Waals surface area contributed by atoms with Crippen LogP contribution in [0.4, 0.5) is 9.18 Å². The van der Waals surface area contributed by atoms with Gasteiger partial charge in [-0.25, -0.2) is 13.9 Å². The number of amides is 1. The van der Waals surface area contributed by atoms with Crippen LogP contribution in [-0.2, 0) is 0 Å². The molecule has 0 aliphatic carbocycles. The van der Waals surface area contributed by atoms with Gasteiger partial charge in [0.25, 0.3) is 0 Å². The highest BCUT2D eigenvalue weighted by Gasteiger charge is 2.39. The summed E-state index contributed by atoms with van der Waals surface area (Å²) in [5.74, 6) is 0.0563. The zero-order valence-electron chi connectivity index (χ0n) is 18.3. The zero-order valence-corrected chi connectivity index (χ0v) is 18.3. The summed E-state index contributed by atoms with van der Waals surface area (Å²) in [5, 5.41) is 15.1. The van der Waals surface area contributed by atoms with Gasteiger partial charge >= 0.3 is 6.09 Å². The van der Waals surface area contributed by atoms with Crippen molar-refractivity contribution in [3.05, 3.63) is 54.0 Å². The first-order valence-electron chi connectivity index (χ1n) is 10.5. The van der Waals surface area contributed by atoms with E-state index < -0.39 is 11.9 Å². The van der Waals surface area contributed by atoms with Crippen molar-refractivity contribution in [3.63, 3.8) is 0 Å². The first-order chi connectivity index (χ1) is 14.7. The van der Waals surface area contributed by atoms with Gasteiger partial charge in [0.2, 0.25) is 0 Å². The van der Waals surface area contributed by atoms with Gasteiger partial charge in [0, 0.05) is 24.0 Å². The number of hydrogen-bond acceptors (Lipinski definition) is 3. The summed E-state index contributed by atoms with van der Waals surface area (Å²) in [6, 6.07) is 10.9. The van der Waals surface area contributed by atoms with Crippen LogP contribution in [0.25, 0.3) is 16.6 Å². The maximum Gasteiger partial charge on any atom is 0.407 e. The highest BCUT2D eigenvalue weighted by atomic mass is 19.1. The van der Waals surface area contributed by atoms with E-state index in [-0.39, 0.29) is 17.2 Å². The molecule has 0 radical (unpaired) electrons. The number of likely N-dealkylation sites (tertiary alicyclic amines) is 1. The number of methoxy groups -OCH3 is 1. The fourth-order valence-electron chi connectivity index (χ4n) is 4.61. The Kier molecular flexibility index (Phi) is 5.37. The van der Waals surface area contributed by atoms with E-state index in [0.717, 1.165) is 29.4 Å². The van der Waals surface area contributed by atoms with E-state index in [1.54, 1.807) is 21.7 Å². The number of fused-ring (bicyclic) bond motifs is 1. The van der Waals surface area contributed by atoms with E-state index in [9.17, 15) is 14.3 Å². The molecule has 2 heterocycles. The lowest BCUT2D eigenvalue weighted by atomic mass is 9.75. The normalized spacial score (nSPS) is 19.6. The minimum absolute atomic E-state index is 0.0335. The smallest absolute Gasteiger partial charge is 0.407 e. The molecule has 7 heteroatoms. The van der Waals surface area contributed by atoms with E-state index in [1.165, 1.54) is 18.7 Å². The number of rotatable bonds is 3. The number of nitrogens with zero attached hydrogens (tertiary/aromatic N) is 3. The van der Waals surface area contributed by atoms with Gasteiger partial charge in [-0.05, 0) is 54.0 Å². The largest absolute Gasteiger partial charge is 0.494 e. The number of halogens is 1. The fraction of sp³-hybridized carbons (Fsp3) is 0.417. The Morgan fingerprint density at radius 3 is 2.68 bits per heavy atom. The summed E-state index contributed by atoms with van der Waals surface area (Å²) in [4.78, 5) is 13.3. The highest BCUT2D eigenvalue weighted by Crippen LogP contribution is 2.39. The fourth-order valence-corrected chi connectivity index (χ4v) is 4.61. The first kappa shape index (κ1) is 21.2. The second-order valence-electron chi connectivity index (χ2n) is 9.27. The Morgan fingerprint density at radius 1 is 1.23 bits per heavy atom. The molecule has 1 N–H and O–H groups in total. The molecule has 31 heavy (non-hydrogen) atoms. The van der Waals surface area contributed by atoms with E-state index in [2.05, 4.69) is 38.0 Å². The van der Waals surface area contributed by atoms with E-state index >= 15 is 0 Å². The van der Waals surface area contributed by atoms with Crippen LogP contribution in [0, 0.1) is 11.2 Å². The van der Waals surface area contributed by atoms with Crippen molar-refractivity contribution >= 4 is 17.0 Å². The maximum absolute atomic E-state index is 13.8. The lowest BCUT2D eigenvalue weighted by molar-refractivity contribution is 0.0526. The minimum atomic E-state index is -0.843. The number of piperidine rings is 1. The second kappa shape index (κ2) is 7.87. The molecule has 2 aromatic carbocycles. The summed E-state index contributed by atoms with van der Waals surface area (Å²) in [7, 11) is 1.44. The lowest BCUT2D eigenvalue weighted by Crippen LogP contribution is -2.51. The van der Waals surface area contributed by atoms with Gasteiger partial charge < -0.3 is 14.7 Å². The molecule has 4 rings (SSSR count). The summed E-state index contributed by atoms with van der Waals surface area (Å²) < 4.78 is 20.6. The van der Waals surface area contributed by atoms with E-state index in [0.29, 0.717) is 12.5 Å². The minimum Gasteiger partial charge on any atom is -0.494 e. The van der Waals surface area contributed by atoms with Crippen LogP contribution in [0.3, 0.4) is 0 Å². The molecule has 164 valence electrons. The molecule has 6 nitrogen and oxygen atoms in total. The summed E-state index contributed by atoms with van der Waals surface area (Å²) in [6.07, 6.45) is 2.56. The molecule has 1 aromatic heterocycles. The van der Waals surface area contributed by atoms with Crippen molar-refractivity contribution in [2.75, 3.05) is 13.7 Å². The van der Waals surface area contributed by atoms with Crippen molar-refractivity contribution in [1.82, 2.24) is 14.7 Å². The summed E-state index contributed by atoms with van der Waals surface area (Å²) in [6.45, 7) is 6.83. The Balaban J connectivity index is 1.64. The third kappa shape index (κ3) is 3.96. The van der Waals surface area contributed by atoms with Crippen LogP contribution in [0.15, 0.2) is 42.6 Å². The van der Waals surface area contributed by atoms with E-state index in [1.807, 2.05) is 12.3 Å². The number of hydrogen-bond donors (Lipinski definition) is 1. The molecule has 2 atom stereocenters. The number of benzene rings is 2. The van der Waals surface area contributed by atoms with Crippen molar-refractivity contribution in [1.29, 1.82) is 0 Å². The van der Waals surface area contributed by atoms with Crippen LogP contribution in [0.1, 0.15) is 45.1 Å². The average molecular weight is 426 g/mol. The van der Waals surface area contributed by atoms with Gasteiger partial charge in [-0.3, -0.25) is 0 Å².